The second-order valence-electron chi connectivity index (χ2n) is 22.9. The number of unbranched alkanes of at least 4 members (excludes halogenated alkanes) is 36. The van der Waals surface area contributed by atoms with Crippen molar-refractivity contribution in [1.82, 2.24) is 5.32 Å². The van der Waals surface area contributed by atoms with Crippen LogP contribution in [-0.2, 0) is 27.9 Å². The molecule has 0 heterocycles. The minimum Gasteiger partial charge on any atom is -0.756 e. The molecule has 0 rings (SSSR count). The van der Waals surface area contributed by atoms with Crippen LogP contribution in [0.4, 0.5) is 0 Å². The predicted molar refractivity (Wildman–Crippen MR) is 325 cm³/mol. The average Bonchev–Trinajstić information content (AvgIpc) is 3.38. The van der Waals surface area contributed by atoms with E-state index in [-0.39, 0.29) is 24.9 Å². The Bertz CT molecular complexity index is 1490. The van der Waals surface area contributed by atoms with Crippen molar-refractivity contribution in [3.8, 4) is 0 Å². The van der Waals surface area contributed by atoms with Gasteiger partial charge in [-0.05, 0) is 76.7 Å². The van der Waals surface area contributed by atoms with E-state index in [4.69, 9.17) is 13.8 Å². The van der Waals surface area contributed by atoms with Crippen molar-refractivity contribution in [2.75, 3.05) is 40.9 Å². The van der Waals surface area contributed by atoms with E-state index < -0.39 is 26.6 Å². The van der Waals surface area contributed by atoms with Gasteiger partial charge in [0, 0.05) is 12.8 Å². The van der Waals surface area contributed by atoms with Crippen LogP contribution >= 0.6 is 7.82 Å². The molecule has 3 unspecified atom stereocenters. The number of carbonyl (C=O) groups excluding carboxylic acids is 2. The molecular formula is C66H123N2O7P. The van der Waals surface area contributed by atoms with Crippen molar-refractivity contribution in [3.63, 3.8) is 0 Å². The van der Waals surface area contributed by atoms with Gasteiger partial charge in [-0.1, -0.05) is 268 Å². The molecule has 0 bridgehead atoms. The van der Waals surface area contributed by atoms with E-state index in [0.29, 0.717) is 17.4 Å². The molecule has 444 valence electrons. The lowest BCUT2D eigenvalue weighted by atomic mass is 10.0. The van der Waals surface area contributed by atoms with Crippen LogP contribution in [0.2, 0.25) is 0 Å². The van der Waals surface area contributed by atoms with Gasteiger partial charge in [-0.15, -0.1) is 0 Å². The molecule has 3 atom stereocenters. The quantitative estimate of drug-likeness (QED) is 0.0161. The molecule has 9 nitrogen and oxygen atoms in total. The van der Waals surface area contributed by atoms with Gasteiger partial charge >= 0.3 is 5.97 Å². The number of ether oxygens (including phenoxy) is 1. The number of rotatable bonds is 58. The molecule has 0 aliphatic rings. The van der Waals surface area contributed by atoms with Gasteiger partial charge in [0.25, 0.3) is 7.82 Å². The molecule has 76 heavy (non-hydrogen) atoms. The Labute approximate surface area is 471 Å². The number of esters is 1. The summed E-state index contributed by atoms with van der Waals surface area (Å²) in [6.07, 6.45) is 70.5. The van der Waals surface area contributed by atoms with E-state index >= 15 is 0 Å². The number of nitrogens with one attached hydrogen (secondary N) is 1. The average molecular weight is 1090 g/mol. The summed E-state index contributed by atoms with van der Waals surface area (Å²) in [5.41, 5.74) is 0. The van der Waals surface area contributed by atoms with Gasteiger partial charge in [-0.3, -0.25) is 14.2 Å². The molecule has 0 aromatic heterocycles. The molecule has 0 fully saturated rings. The van der Waals surface area contributed by atoms with Gasteiger partial charge in [-0.25, -0.2) is 0 Å². The van der Waals surface area contributed by atoms with Crippen molar-refractivity contribution in [3.05, 3.63) is 60.8 Å². The summed E-state index contributed by atoms with van der Waals surface area (Å²) in [7, 11) is 1.18. The number of carbonyl (C=O) groups is 2. The summed E-state index contributed by atoms with van der Waals surface area (Å²) in [6, 6.07) is -0.895. The molecule has 0 aliphatic heterocycles. The Balaban J connectivity index is 5.14. The van der Waals surface area contributed by atoms with Gasteiger partial charge in [0.05, 0.1) is 33.8 Å². The monoisotopic (exact) mass is 1090 g/mol. The van der Waals surface area contributed by atoms with E-state index in [2.05, 4.69) is 74.7 Å². The summed E-state index contributed by atoms with van der Waals surface area (Å²) in [4.78, 5) is 40.0. The smallest absolute Gasteiger partial charge is 0.306 e. The number of hydrogen-bond acceptors (Lipinski definition) is 7. The zero-order valence-electron chi connectivity index (χ0n) is 50.7. The number of phosphoric acid groups is 1. The largest absolute Gasteiger partial charge is 0.756 e. The van der Waals surface area contributed by atoms with E-state index in [1.165, 1.54) is 186 Å². The SMILES string of the molecule is CC/C=C/C=C/C=C/CCCCCCCCCC(=O)NC(COP(=O)([O-])OCC[N+](C)(C)C)C(/C=C\CCCCCCCCCCCC)OC(=O)CCCCCCCCCCCCCCC/C=C/CCCCCCCC. The lowest BCUT2D eigenvalue weighted by molar-refractivity contribution is -0.870. The summed E-state index contributed by atoms with van der Waals surface area (Å²) in [5.74, 6) is -0.548. The van der Waals surface area contributed by atoms with Crippen LogP contribution in [0.15, 0.2) is 60.8 Å². The van der Waals surface area contributed by atoms with Gasteiger partial charge in [-0.2, -0.15) is 0 Å². The Kier molecular flexibility index (Phi) is 54.3. The van der Waals surface area contributed by atoms with Crippen molar-refractivity contribution in [1.29, 1.82) is 0 Å². The third-order valence-electron chi connectivity index (χ3n) is 14.2. The van der Waals surface area contributed by atoms with Crippen LogP contribution < -0.4 is 10.2 Å². The minimum absolute atomic E-state index is 0.0255. The zero-order chi connectivity index (χ0) is 55.7. The van der Waals surface area contributed by atoms with Crippen molar-refractivity contribution in [2.24, 2.45) is 0 Å². The van der Waals surface area contributed by atoms with Crippen molar-refractivity contribution < 1.29 is 37.3 Å². The van der Waals surface area contributed by atoms with Gasteiger partial charge < -0.3 is 28.5 Å². The third-order valence-corrected chi connectivity index (χ3v) is 15.2. The van der Waals surface area contributed by atoms with E-state index in [1.807, 2.05) is 33.3 Å². The first-order valence-corrected chi connectivity index (χ1v) is 33.6. The number of amides is 1. The fraction of sp³-hybridized carbons (Fsp3) is 0.818. The molecule has 0 aromatic rings. The lowest BCUT2D eigenvalue weighted by Crippen LogP contribution is -2.47. The first kappa shape index (κ1) is 73.7. The molecule has 1 N–H and O–H groups in total. The zero-order valence-corrected chi connectivity index (χ0v) is 51.6. The molecule has 0 saturated heterocycles. The highest BCUT2D eigenvalue weighted by atomic mass is 31.2. The summed E-state index contributed by atoms with van der Waals surface area (Å²) in [5, 5.41) is 3.02. The molecule has 0 spiro atoms. The maximum Gasteiger partial charge on any atom is 0.306 e. The third kappa shape index (κ3) is 56.4. The lowest BCUT2D eigenvalue weighted by Gasteiger charge is -2.30. The molecular weight excluding hydrogens is 964 g/mol. The highest BCUT2D eigenvalue weighted by molar-refractivity contribution is 7.45. The van der Waals surface area contributed by atoms with Crippen molar-refractivity contribution >= 4 is 19.7 Å². The first-order chi connectivity index (χ1) is 36.9. The van der Waals surface area contributed by atoms with E-state index in [9.17, 15) is 19.0 Å². The maximum atomic E-state index is 13.5. The molecule has 10 heteroatoms. The molecule has 0 aromatic carbocycles. The number of phosphoric ester groups is 1. The topological polar surface area (TPSA) is 114 Å². The number of likely N-dealkylation sites (N-methyl/N-ethyl adjacent to an activating group) is 1. The Hall–Kier alpha value is -2.29. The van der Waals surface area contributed by atoms with Crippen LogP contribution in [0.25, 0.3) is 0 Å². The molecule has 0 aliphatic carbocycles. The summed E-state index contributed by atoms with van der Waals surface area (Å²) < 4.78 is 30.3. The number of quaternary nitrogens is 1. The Morgan fingerprint density at radius 3 is 1.29 bits per heavy atom. The van der Waals surface area contributed by atoms with E-state index in [1.54, 1.807) is 0 Å². The highest BCUT2D eigenvalue weighted by Gasteiger charge is 2.27. The molecule has 0 saturated carbocycles. The van der Waals surface area contributed by atoms with Gasteiger partial charge in [0.1, 0.15) is 19.3 Å². The van der Waals surface area contributed by atoms with Crippen LogP contribution in [0.5, 0.6) is 0 Å². The second kappa shape index (κ2) is 56.0. The Morgan fingerprint density at radius 2 is 0.855 bits per heavy atom. The number of allylic oxidation sites excluding steroid dienone is 9. The maximum absolute atomic E-state index is 13.5. The summed E-state index contributed by atoms with van der Waals surface area (Å²) in [6.45, 7) is 6.72. The number of nitrogens with zero attached hydrogens (tertiary/aromatic N) is 1. The van der Waals surface area contributed by atoms with Crippen LogP contribution in [0.1, 0.15) is 297 Å². The van der Waals surface area contributed by atoms with Crippen LogP contribution in [0.3, 0.4) is 0 Å². The van der Waals surface area contributed by atoms with Crippen LogP contribution in [0, 0.1) is 0 Å². The minimum atomic E-state index is -4.70. The first-order valence-electron chi connectivity index (χ1n) is 32.1. The summed E-state index contributed by atoms with van der Waals surface area (Å²) >= 11 is 0. The normalized spacial score (nSPS) is 14.0. The van der Waals surface area contributed by atoms with Crippen LogP contribution in [-0.4, -0.2) is 69.4 Å². The standard InChI is InChI=1S/C66H123N2O7P/c1-7-10-13-16-19-22-25-28-30-31-32-33-34-35-36-37-39-41-44-47-50-53-56-59-66(70)75-64(57-54-51-48-45-42-27-24-21-18-15-12-9-3)63(62-74-76(71,72)73-61-60-68(4,5)6)67-65(69)58-55-52-49-46-43-40-38-29-26-23-20-17-14-11-8-2/h11,14,17,20,23,26,28,30,54,57,63-64H,7-10,12-13,15-16,18-19,21-22,24-25,27,29,31-53,55-56,58-62H2,1-6H3,(H-,67,69,71,72)/b14-11+,20-17+,26-23+,30-28+,57-54-. The van der Waals surface area contributed by atoms with E-state index in [0.717, 1.165) is 77.0 Å². The van der Waals surface area contributed by atoms with Crippen molar-refractivity contribution in [2.45, 2.75) is 309 Å². The highest BCUT2D eigenvalue weighted by Crippen LogP contribution is 2.38. The number of hydrogen-bond donors (Lipinski definition) is 1. The van der Waals surface area contributed by atoms with Gasteiger partial charge in [0.15, 0.2) is 0 Å². The van der Waals surface area contributed by atoms with Gasteiger partial charge in [0.2, 0.25) is 5.91 Å². The second-order valence-corrected chi connectivity index (χ2v) is 24.4. The molecule has 1 amide bonds. The fourth-order valence-electron chi connectivity index (χ4n) is 9.28. The Morgan fingerprint density at radius 1 is 0.474 bits per heavy atom. The predicted octanol–water partition coefficient (Wildman–Crippen LogP) is 19.2. The fourth-order valence-corrected chi connectivity index (χ4v) is 10.0. The molecule has 0 radical (unpaired) electrons.